The van der Waals surface area contributed by atoms with E-state index >= 15 is 0 Å². The molecule has 3 heteroatoms. The second kappa shape index (κ2) is 4.18. The largest absolute Gasteiger partial charge is 0.370 e. The van der Waals surface area contributed by atoms with Crippen molar-refractivity contribution in [1.82, 2.24) is 0 Å². The fraction of sp³-hybridized carbons (Fsp3) is 0. The number of guanidine groups is 1. The van der Waals surface area contributed by atoms with Gasteiger partial charge in [-0.25, -0.2) is 4.99 Å². The molecular weight excluding hydrogens is 150 g/mol. The topological polar surface area (TPSA) is 64.4 Å². The summed E-state index contributed by atoms with van der Waals surface area (Å²) >= 11 is 0. The number of aliphatic imine (C=N–C) groups is 1. The van der Waals surface area contributed by atoms with Gasteiger partial charge in [-0.05, 0) is 11.6 Å². The zero-order valence-corrected chi connectivity index (χ0v) is 6.64. The van der Waals surface area contributed by atoms with Crippen LogP contribution < -0.4 is 11.5 Å². The maximum absolute atomic E-state index is 5.13. The molecule has 0 spiro atoms. The summed E-state index contributed by atoms with van der Waals surface area (Å²) in [5.74, 6) is 0.0715. The summed E-state index contributed by atoms with van der Waals surface area (Å²) in [7, 11) is 0. The molecule has 0 saturated heterocycles. The van der Waals surface area contributed by atoms with E-state index in [1.807, 2.05) is 36.4 Å². The lowest BCUT2D eigenvalue weighted by Crippen LogP contribution is -2.21. The van der Waals surface area contributed by atoms with Crippen LogP contribution in [0.4, 0.5) is 0 Å². The molecular formula is C9H11N3. The predicted octanol–water partition coefficient (Wildman–Crippen LogP) is 0.931. The van der Waals surface area contributed by atoms with Crippen LogP contribution >= 0.6 is 0 Å². The molecule has 4 N–H and O–H groups in total. The van der Waals surface area contributed by atoms with E-state index < -0.39 is 0 Å². The fourth-order valence-electron chi connectivity index (χ4n) is 0.774. The average molecular weight is 161 g/mol. The highest BCUT2D eigenvalue weighted by molar-refractivity contribution is 5.76. The fourth-order valence-corrected chi connectivity index (χ4v) is 0.774. The van der Waals surface area contributed by atoms with Crippen molar-refractivity contribution in [2.24, 2.45) is 16.5 Å². The van der Waals surface area contributed by atoms with E-state index in [9.17, 15) is 0 Å². The molecule has 0 atom stereocenters. The van der Waals surface area contributed by atoms with Gasteiger partial charge in [0.2, 0.25) is 0 Å². The molecule has 0 saturated carbocycles. The summed E-state index contributed by atoms with van der Waals surface area (Å²) in [5.41, 5.74) is 11.3. The van der Waals surface area contributed by atoms with Gasteiger partial charge in [-0.15, -0.1) is 0 Å². The first-order valence-electron chi connectivity index (χ1n) is 3.59. The van der Waals surface area contributed by atoms with Gasteiger partial charge in [0.05, 0.1) is 0 Å². The lowest BCUT2D eigenvalue weighted by atomic mass is 10.2. The maximum Gasteiger partial charge on any atom is 0.190 e. The number of benzene rings is 1. The Morgan fingerprint density at radius 2 is 1.83 bits per heavy atom. The zero-order valence-electron chi connectivity index (χ0n) is 6.64. The first-order valence-corrected chi connectivity index (χ1v) is 3.59. The van der Waals surface area contributed by atoms with Gasteiger partial charge in [-0.2, -0.15) is 0 Å². The molecule has 1 aromatic carbocycles. The second-order valence-corrected chi connectivity index (χ2v) is 2.28. The third-order valence-electron chi connectivity index (χ3n) is 1.29. The molecule has 3 nitrogen and oxygen atoms in total. The van der Waals surface area contributed by atoms with Crippen molar-refractivity contribution in [2.75, 3.05) is 0 Å². The van der Waals surface area contributed by atoms with Gasteiger partial charge in [0.25, 0.3) is 0 Å². The highest BCUT2D eigenvalue weighted by Gasteiger charge is 1.80. The number of nitrogens with zero attached hydrogens (tertiary/aromatic N) is 1. The van der Waals surface area contributed by atoms with Crippen molar-refractivity contribution in [3.8, 4) is 0 Å². The minimum atomic E-state index is 0.0715. The van der Waals surface area contributed by atoms with Crippen molar-refractivity contribution < 1.29 is 0 Å². The minimum absolute atomic E-state index is 0.0715. The predicted molar refractivity (Wildman–Crippen MR) is 51.3 cm³/mol. The van der Waals surface area contributed by atoms with Crippen LogP contribution in [0.2, 0.25) is 0 Å². The molecule has 0 fully saturated rings. The molecule has 12 heavy (non-hydrogen) atoms. The summed E-state index contributed by atoms with van der Waals surface area (Å²) in [5, 5.41) is 0. The standard InChI is InChI=1S/C9H11N3/c10-9(11)12-7-6-8-4-2-1-3-5-8/h1-7H,(H4,10,11,12). The van der Waals surface area contributed by atoms with E-state index in [2.05, 4.69) is 4.99 Å². The highest BCUT2D eigenvalue weighted by Crippen LogP contribution is 2.00. The Bertz CT molecular complexity index is 284. The Balaban J connectivity index is 2.64. The van der Waals surface area contributed by atoms with Crippen LogP contribution in [0.15, 0.2) is 41.5 Å². The van der Waals surface area contributed by atoms with E-state index in [0.29, 0.717) is 0 Å². The quantitative estimate of drug-likeness (QED) is 0.500. The maximum atomic E-state index is 5.13. The van der Waals surface area contributed by atoms with Gasteiger partial charge < -0.3 is 11.5 Å². The van der Waals surface area contributed by atoms with Crippen LogP contribution in [0.3, 0.4) is 0 Å². The first-order chi connectivity index (χ1) is 5.79. The summed E-state index contributed by atoms with van der Waals surface area (Å²) in [4.78, 5) is 3.71. The molecule has 1 aromatic rings. The summed E-state index contributed by atoms with van der Waals surface area (Å²) in [6.45, 7) is 0. The van der Waals surface area contributed by atoms with E-state index in [1.165, 1.54) is 0 Å². The van der Waals surface area contributed by atoms with Crippen molar-refractivity contribution in [2.45, 2.75) is 0 Å². The van der Waals surface area contributed by atoms with Crippen molar-refractivity contribution in [3.05, 3.63) is 42.1 Å². The van der Waals surface area contributed by atoms with Gasteiger partial charge in [0, 0.05) is 6.20 Å². The van der Waals surface area contributed by atoms with Gasteiger partial charge in [-0.3, -0.25) is 0 Å². The lowest BCUT2D eigenvalue weighted by molar-refractivity contribution is 1.44. The normalized spacial score (nSPS) is 10.0. The van der Waals surface area contributed by atoms with Gasteiger partial charge in [0.1, 0.15) is 0 Å². The zero-order chi connectivity index (χ0) is 8.81. The van der Waals surface area contributed by atoms with E-state index in [1.54, 1.807) is 6.20 Å². The molecule has 0 heterocycles. The molecule has 0 aliphatic carbocycles. The Kier molecular flexibility index (Phi) is 2.90. The summed E-state index contributed by atoms with van der Waals surface area (Å²) < 4.78 is 0. The van der Waals surface area contributed by atoms with Crippen LogP contribution in [0, 0.1) is 0 Å². The SMILES string of the molecule is NC(N)=NC=Cc1ccccc1. The van der Waals surface area contributed by atoms with Crippen LogP contribution in [0.25, 0.3) is 6.08 Å². The third kappa shape index (κ3) is 2.88. The van der Waals surface area contributed by atoms with Crippen LogP contribution in [-0.2, 0) is 0 Å². The molecule has 1 rings (SSSR count). The third-order valence-corrected chi connectivity index (χ3v) is 1.29. The number of hydrogen-bond acceptors (Lipinski definition) is 1. The van der Waals surface area contributed by atoms with Crippen LogP contribution in [0.5, 0.6) is 0 Å². The second-order valence-electron chi connectivity index (χ2n) is 2.28. The van der Waals surface area contributed by atoms with Crippen LogP contribution in [0.1, 0.15) is 5.56 Å². The molecule has 0 radical (unpaired) electrons. The average Bonchev–Trinajstić information content (AvgIpc) is 2.05. The molecule has 0 aliphatic rings. The minimum Gasteiger partial charge on any atom is -0.370 e. The molecule has 62 valence electrons. The van der Waals surface area contributed by atoms with E-state index in [-0.39, 0.29) is 5.96 Å². The Hall–Kier alpha value is -1.77. The van der Waals surface area contributed by atoms with Gasteiger partial charge in [-0.1, -0.05) is 30.3 Å². The van der Waals surface area contributed by atoms with Crippen molar-refractivity contribution >= 4 is 12.0 Å². The van der Waals surface area contributed by atoms with Crippen molar-refractivity contribution in [3.63, 3.8) is 0 Å². The molecule has 0 aliphatic heterocycles. The Morgan fingerprint density at radius 3 is 2.42 bits per heavy atom. The molecule has 0 unspecified atom stereocenters. The van der Waals surface area contributed by atoms with Crippen LogP contribution in [-0.4, -0.2) is 5.96 Å². The molecule has 0 aromatic heterocycles. The number of rotatable bonds is 2. The smallest absolute Gasteiger partial charge is 0.190 e. The molecule has 0 bridgehead atoms. The van der Waals surface area contributed by atoms with E-state index in [0.717, 1.165) is 5.56 Å². The Morgan fingerprint density at radius 1 is 1.17 bits per heavy atom. The van der Waals surface area contributed by atoms with Crippen molar-refractivity contribution in [1.29, 1.82) is 0 Å². The molecule has 0 amide bonds. The first kappa shape index (κ1) is 8.33. The monoisotopic (exact) mass is 161 g/mol. The van der Waals surface area contributed by atoms with E-state index in [4.69, 9.17) is 11.5 Å². The Labute approximate surface area is 71.4 Å². The number of nitrogens with two attached hydrogens (primary N) is 2. The lowest BCUT2D eigenvalue weighted by Gasteiger charge is -1.88. The summed E-state index contributed by atoms with van der Waals surface area (Å²) in [6, 6.07) is 9.81. The number of hydrogen-bond donors (Lipinski definition) is 2. The van der Waals surface area contributed by atoms with Gasteiger partial charge >= 0.3 is 0 Å². The summed E-state index contributed by atoms with van der Waals surface area (Å²) in [6.07, 6.45) is 3.41. The van der Waals surface area contributed by atoms with Gasteiger partial charge in [0.15, 0.2) is 5.96 Å². The highest BCUT2D eigenvalue weighted by atomic mass is 15.0.